The monoisotopic (exact) mass is 410 g/mol. The Hall–Kier alpha value is -2.83. The third-order valence-corrected chi connectivity index (χ3v) is 6.25. The van der Waals surface area contributed by atoms with E-state index in [9.17, 15) is 14.4 Å². The number of hydrogen-bond acceptors (Lipinski definition) is 3. The number of rotatable bonds is 6. The first-order chi connectivity index (χ1) is 14.6. The summed E-state index contributed by atoms with van der Waals surface area (Å²) in [6.07, 6.45) is 7.66. The van der Waals surface area contributed by atoms with Crippen LogP contribution in [-0.4, -0.2) is 64.7 Å². The molecular weight excluding hydrogens is 380 g/mol. The van der Waals surface area contributed by atoms with E-state index in [1.165, 1.54) is 12.8 Å². The van der Waals surface area contributed by atoms with Crippen molar-refractivity contribution >= 4 is 28.6 Å². The molecule has 3 amide bonds. The van der Waals surface area contributed by atoms with Gasteiger partial charge in [0.1, 0.15) is 0 Å². The van der Waals surface area contributed by atoms with Crippen LogP contribution in [0.15, 0.2) is 30.5 Å². The number of aromatic amines is 1. The van der Waals surface area contributed by atoms with Crippen LogP contribution in [0, 0.1) is 0 Å². The fourth-order valence-electron chi connectivity index (χ4n) is 4.51. The molecule has 1 saturated heterocycles. The molecule has 1 saturated carbocycles. The van der Waals surface area contributed by atoms with Crippen molar-refractivity contribution in [1.29, 1.82) is 0 Å². The standard InChI is InChI=1S/C23H30N4O3/c28-21(25-17-6-1-2-7-17)10-5-11-22(29)26-12-14-27(15-13-26)23(30)19-16-24-20-9-4-3-8-18(19)20/h3-4,8-9,16-17,24H,1-2,5-7,10-15H2,(H,25,28). The lowest BCUT2D eigenvalue weighted by atomic mass is 10.1. The molecular formula is C23H30N4O3. The van der Waals surface area contributed by atoms with Crippen LogP contribution in [0.2, 0.25) is 0 Å². The van der Waals surface area contributed by atoms with E-state index in [-0.39, 0.29) is 17.7 Å². The second-order valence-electron chi connectivity index (χ2n) is 8.32. The highest BCUT2D eigenvalue weighted by atomic mass is 16.2. The number of amides is 3. The molecule has 7 heteroatoms. The van der Waals surface area contributed by atoms with E-state index in [4.69, 9.17) is 0 Å². The molecule has 7 nitrogen and oxygen atoms in total. The Morgan fingerprint density at radius 3 is 2.43 bits per heavy atom. The summed E-state index contributed by atoms with van der Waals surface area (Å²) in [6, 6.07) is 8.10. The van der Waals surface area contributed by atoms with Gasteiger partial charge >= 0.3 is 0 Å². The Labute approximate surface area is 176 Å². The van der Waals surface area contributed by atoms with E-state index in [1.54, 1.807) is 6.20 Å². The average molecular weight is 411 g/mol. The smallest absolute Gasteiger partial charge is 0.256 e. The number of piperazine rings is 1. The van der Waals surface area contributed by atoms with Gasteiger partial charge in [0.2, 0.25) is 11.8 Å². The molecule has 1 aromatic carbocycles. The van der Waals surface area contributed by atoms with Crippen LogP contribution in [0.4, 0.5) is 0 Å². The SMILES string of the molecule is O=C(CCCC(=O)N1CCN(C(=O)c2c[nH]c3ccccc23)CC1)NC1CCCC1. The minimum Gasteiger partial charge on any atom is -0.360 e. The van der Waals surface area contributed by atoms with Crippen LogP contribution in [0.3, 0.4) is 0 Å². The second kappa shape index (κ2) is 9.32. The number of H-pyrrole nitrogens is 1. The number of benzene rings is 1. The van der Waals surface area contributed by atoms with Crippen LogP contribution < -0.4 is 5.32 Å². The Kier molecular flexibility index (Phi) is 6.35. The Morgan fingerprint density at radius 1 is 0.967 bits per heavy atom. The van der Waals surface area contributed by atoms with E-state index in [0.29, 0.717) is 57.0 Å². The van der Waals surface area contributed by atoms with E-state index in [0.717, 1.165) is 23.7 Å². The molecule has 2 heterocycles. The highest BCUT2D eigenvalue weighted by Crippen LogP contribution is 2.20. The van der Waals surface area contributed by atoms with Crippen molar-refractivity contribution < 1.29 is 14.4 Å². The van der Waals surface area contributed by atoms with E-state index < -0.39 is 0 Å². The summed E-state index contributed by atoms with van der Waals surface area (Å²) in [5.41, 5.74) is 1.63. The first-order valence-corrected chi connectivity index (χ1v) is 11.0. The highest BCUT2D eigenvalue weighted by molar-refractivity contribution is 6.06. The predicted octanol–water partition coefficient (Wildman–Crippen LogP) is 2.68. The van der Waals surface area contributed by atoms with Gasteiger partial charge in [0.25, 0.3) is 5.91 Å². The van der Waals surface area contributed by atoms with Gasteiger partial charge in [-0.05, 0) is 25.3 Å². The number of hydrogen-bond donors (Lipinski definition) is 2. The van der Waals surface area contributed by atoms with E-state index in [1.807, 2.05) is 34.1 Å². The maximum Gasteiger partial charge on any atom is 0.256 e. The molecule has 0 atom stereocenters. The van der Waals surface area contributed by atoms with Crippen LogP contribution in [-0.2, 0) is 9.59 Å². The molecule has 160 valence electrons. The van der Waals surface area contributed by atoms with Gasteiger partial charge in [0, 0.05) is 62.2 Å². The van der Waals surface area contributed by atoms with Crippen molar-refractivity contribution in [2.75, 3.05) is 26.2 Å². The predicted molar refractivity (Wildman–Crippen MR) is 115 cm³/mol. The van der Waals surface area contributed by atoms with Gasteiger partial charge in [0.15, 0.2) is 0 Å². The molecule has 1 aromatic heterocycles. The molecule has 2 aliphatic rings. The zero-order chi connectivity index (χ0) is 20.9. The lowest BCUT2D eigenvalue weighted by Crippen LogP contribution is -2.50. The van der Waals surface area contributed by atoms with Gasteiger partial charge in [-0.1, -0.05) is 31.0 Å². The normalized spacial score (nSPS) is 17.5. The van der Waals surface area contributed by atoms with Gasteiger partial charge in [-0.3, -0.25) is 14.4 Å². The molecule has 0 unspecified atom stereocenters. The van der Waals surface area contributed by atoms with E-state index in [2.05, 4.69) is 10.3 Å². The zero-order valence-electron chi connectivity index (χ0n) is 17.4. The first-order valence-electron chi connectivity index (χ1n) is 11.0. The minimum atomic E-state index is 0.00290. The lowest BCUT2D eigenvalue weighted by molar-refractivity contribution is -0.132. The fourth-order valence-corrected chi connectivity index (χ4v) is 4.51. The topological polar surface area (TPSA) is 85.5 Å². The fraction of sp³-hybridized carbons (Fsp3) is 0.522. The number of nitrogens with zero attached hydrogens (tertiary/aromatic N) is 2. The number of carbonyl (C=O) groups excluding carboxylic acids is 3. The molecule has 2 aromatic rings. The molecule has 1 aliphatic carbocycles. The number of nitrogens with one attached hydrogen (secondary N) is 2. The van der Waals surface area contributed by atoms with Crippen molar-refractivity contribution in [3.8, 4) is 0 Å². The number of aromatic nitrogens is 1. The Bertz CT molecular complexity index is 908. The van der Waals surface area contributed by atoms with Gasteiger partial charge in [-0.25, -0.2) is 0 Å². The second-order valence-corrected chi connectivity index (χ2v) is 8.32. The zero-order valence-corrected chi connectivity index (χ0v) is 17.4. The van der Waals surface area contributed by atoms with Crippen LogP contribution >= 0.6 is 0 Å². The van der Waals surface area contributed by atoms with Crippen molar-refractivity contribution in [2.24, 2.45) is 0 Å². The summed E-state index contributed by atoms with van der Waals surface area (Å²) in [6.45, 7) is 2.15. The van der Waals surface area contributed by atoms with Crippen LogP contribution in [0.25, 0.3) is 10.9 Å². The molecule has 0 radical (unpaired) electrons. The molecule has 4 rings (SSSR count). The summed E-state index contributed by atoms with van der Waals surface area (Å²) in [4.78, 5) is 44.2. The molecule has 1 aliphatic heterocycles. The van der Waals surface area contributed by atoms with Gasteiger partial charge in [-0.2, -0.15) is 0 Å². The molecule has 0 bridgehead atoms. The third-order valence-electron chi connectivity index (χ3n) is 6.25. The van der Waals surface area contributed by atoms with Crippen molar-refractivity contribution in [2.45, 2.75) is 51.0 Å². The van der Waals surface area contributed by atoms with E-state index >= 15 is 0 Å². The molecule has 0 spiro atoms. The number of carbonyl (C=O) groups is 3. The largest absolute Gasteiger partial charge is 0.360 e. The highest BCUT2D eigenvalue weighted by Gasteiger charge is 2.26. The van der Waals surface area contributed by atoms with Crippen molar-refractivity contribution in [3.63, 3.8) is 0 Å². The maximum atomic E-state index is 12.9. The van der Waals surface area contributed by atoms with Crippen molar-refractivity contribution in [1.82, 2.24) is 20.1 Å². The summed E-state index contributed by atoms with van der Waals surface area (Å²) >= 11 is 0. The Morgan fingerprint density at radius 2 is 1.67 bits per heavy atom. The van der Waals surface area contributed by atoms with Crippen LogP contribution in [0.1, 0.15) is 55.3 Å². The number of para-hydroxylation sites is 1. The van der Waals surface area contributed by atoms with Gasteiger partial charge in [-0.15, -0.1) is 0 Å². The quantitative estimate of drug-likeness (QED) is 0.768. The molecule has 2 N–H and O–H groups in total. The summed E-state index contributed by atoms with van der Waals surface area (Å²) in [5.74, 6) is 0.134. The van der Waals surface area contributed by atoms with Crippen LogP contribution in [0.5, 0.6) is 0 Å². The Balaban J connectivity index is 1.20. The summed E-state index contributed by atoms with van der Waals surface area (Å²) in [7, 11) is 0. The average Bonchev–Trinajstić information content (AvgIpc) is 3.43. The first kappa shape index (κ1) is 20.4. The molecule has 30 heavy (non-hydrogen) atoms. The number of fused-ring (bicyclic) bond motifs is 1. The summed E-state index contributed by atoms with van der Waals surface area (Å²) in [5, 5.41) is 3.99. The summed E-state index contributed by atoms with van der Waals surface area (Å²) < 4.78 is 0. The minimum absolute atomic E-state index is 0.00290. The maximum absolute atomic E-state index is 12.9. The van der Waals surface area contributed by atoms with Gasteiger partial charge in [0.05, 0.1) is 5.56 Å². The lowest BCUT2D eigenvalue weighted by Gasteiger charge is -2.34. The van der Waals surface area contributed by atoms with Crippen molar-refractivity contribution in [3.05, 3.63) is 36.0 Å². The van der Waals surface area contributed by atoms with Gasteiger partial charge < -0.3 is 20.1 Å². The third kappa shape index (κ3) is 4.66. The molecule has 2 fully saturated rings.